The van der Waals surface area contributed by atoms with Crippen molar-refractivity contribution in [2.75, 3.05) is 6.54 Å². The third-order valence-corrected chi connectivity index (χ3v) is 5.36. The Labute approximate surface area is 185 Å². The molecule has 4 rings (SSSR count). The van der Waals surface area contributed by atoms with Crippen LogP contribution in [0.3, 0.4) is 0 Å². The summed E-state index contributed by atoms with van der Waals surface area (Å²) < 4.78 is 10.8. The van der Waals surface area contributed by atoms with Crippen LogP contribution in [0.1, 0.15) is 54.2 Å². The fourth-order valence-electron chi connectivity index (χ4n) is 3.74. The number of carbonyl (C=O) groups is 2. The molecule has 3 aromatic rings. The van der Waals surface area contributed by atoms with Crippen molar-refractivity contribution in [1.82, 2.24) is 20.4 Å². The van der Waals surface area contributed by atoms with E-state index in [1.54, 1.807) is 0 Å². The maximum Gasteiger partial charge on any atom is 0.408 e. The molecule has 9 heteroatoms. The molecule has 1 aromatic heterocycles. The lowest BCUT2D eigenvalue weighted by atomic mass is 10.0. The lowest BCUT2D eigenvalue weighted by molar-refractivity contribution is 0.103. The van der Waals surface area contributed by atoms with Crippen LogP contribution in [0.25, 0.3) is 0 Å². The van der Waals surface area contributed by atoms with Crippen LogP contribution in [0, 0.1) is 0 Å². The highest BCUT2D eigenvalue weighted by Gasteiger charge is 2.33. The summed E-state index contributed by atoms with van der Waals surface area (Å²) in [5.74, 6) is 0.459. The number of likely N-dealkylation sites (tertiary alicyclic amines) is 1. The fraction of sp³-hybridized carbons (Fsp3) is 0.304. The van der Waals surface area contributed by atoms with Gasteiger partial charge in [0.15, 0.2) is 5.82 Å². The van der Waals surface area contributed by atoms with E-state index in [4.69, 9.17) is 9.26 Å². The molecule has 0 saturated carbocycles. The number of alkyl carbamates (subject to hydrolysis) is 1. The Hall–Kier alpha value is -3.88. The maximum atomic E-state index is 12.5. The number of hydrogen-bond donors (Lipinski definition) is 2. The molecule has 1 fully saturated rings. The zero-order valence-electron chi connectivity index (χ0n) is 17.4. The van der Waals surface area contributed by atoms with E-state index >= 15 is 0 Å². The van der Waals surface area contributed by atoms with Gasteiger partial charge in [0.2, 0.25) is 0 Å². The largest absolute Gasteiger partial charge is 0.465 e. The Bertz CT molecular complexity index is 1040. The molecule has 0 spiro atoms. The Morgan fingerprint density at radius 1 is 1.12 bits per heavy atom. The van der Waals surface area contributed by atoms with Crippen molar-refractivity contribution in [3.8, 4) is 0 Å². The topological polar surface area (TPSA) is 118 Å². The molecule has 166 valence electrons. The number of hydrogen-bond acceptors (Lipinski definition) is 6. The molecule has 32 heavy (non-hydrogen) atoms. The smallest absolute Gasteiger partial charge is 0.408 e. The Morgan fingerprint density at radius 2 is 1.84 bits per heavy atom. The van der Waals surface area contributed by atoms with Crippen molar-refractivity contribution in [3.05, 3.63) is 83.5 Å². The van der Waals surface area contributed by atoms with E-state index in [-0.39, 0.29) is 12.5 Å². The van der Waals surface area contributed by atoms with E-state index in [1.807, 2.05) is 60.7 Å². The summed E-state index contributed by atoms with van der Waals surface area (Å²) in [4.78, 5) is 29.9. The highest BCUT2D eigenvalue weighted by molar-refractivity contribution is 5.68. The van der Waals surface area contributed by atoms with E-state index in [0.717, 1.165) is 24.0 Å². The van der Waals surface area contributed by atoms with Crippen LogP contribution in [0.4, 0.5) is 9.59 Å². The second kappa shape index (κ2) is 9.95. The quantitative estimate of drug-likeness (QED) is 0.592. The van der Waals surface area contributed by atoms with Gasteiger partial charge in [-0.1, -0.05) is 65.8 Å². The number of amides is 2. The second-order valence-electron chi connectivity index (χ2n) is 7.53. The number of carboxylic acid groups (broad SMARTS) is 1. The average Bonchev–Trinajstić information content (AvgIpc) is 3.32. The van der Waals surface area contributed by atoms with Crippen molar-refractivity contribution in [2.45, 2.75) is 38.0 Å². The zero-order chi connectivity index (χ0) is 22.3. The van der Waals surface area contributed by atoms with Crippen molar-refractivity contribution < 1.29 is 24.0 Å². The summed E-state index contributed by atoms with van der Waals surface area (Å²) >= 11 is 0. The van der Waals surface area contributed by atoms with Crippen molar-refractivity contribution in [3.63, 3.8) is 0 Å². The molecular weight excluding hydrogens is 412 g/mol. The van der Waals surface area contributed by atoms with Crippen LogP contribution in [0.5, 0.6) is 0 Å². The zero-order valence-corrected chi connectivity index (χ0v) is 17.4. The van der Waals surface area contributed by atoms with E-state index in [2.05, 4.69) is 15.5 Å². The molecule has 0 unspecified atom stereocenters. The third kappa shape index (κ3) is 5.05. The summed E-state index contributed by atoms with van der Waals surface area (Å²) in [6.07, 6.45) is 0.656. The van der Waals surface area contributed by atoms with Gasteiger partial charge >= 0.3 is 12.2 Å². The van der Waals surface area contributed by atoms with Gasteiger partial charge in [0.25, 0.3) is 5.89 Å². The van der Waals surface area contributed by atoms with Gasteiger partial charge in [-0.2, -0.15) is 4.98 Å². The fourth-order valence-corrected chi connectivity index (χ4v) is 3.74. The number of aromatic nitrogens is 2. The minimum atomic E-state index is -1.01. The van der Waals surface area contributed by atoms with Gasteiger partial charge in [0.1, 0.15) is 12.6 Å². The van der Waals surface area contributed by atoms with Gasteiger partial charge < -0.3 is 19.7 Å². The molecule has 0 bridgehead atoms. The Balaban J connectivity index is 1.52. The number of ether oxygens (including phenoxy) is 1. The van der Waals surface area contributed by atoms with Crippen molar-refractivity contribution in [1.29, 1.82) is 0 Å². The number of rotatable bonds is 6. The number of piperidine rings is 1. The average molecular weight is 436 g/mol. The van der Waals surface area contributed by atoms with Crippen LogP contribution in [0.15, 0.2) is 65.2 Å². The molecule has 1 aliphatic rings. The van der Waals surface area contributed by atoms with Crippen LogP contribution >= 0.6 is 0 Å². The number of nitrogens with one attached hydrogen (secondary N) is 1. The van der Waals surface area contributed by atoms with E-state index in [0.29, 0.717) is 18.8 Å². The molecular formula is C23H24N4O5. The summed E-state index contributed by atoms with van der Waals surface area (Å²) in [7, 11) is 0. The summed E-state index contributed by atoms with van der Waals surface area (Å²) in [5.41, 5.74) is 1.60. The van der Waals surface area contributed by atoms with E-state index < -0.39 is 24.3 Å². The second-order valence-corrected chi connectivity index (χ2v) is 7.53. The van der Waals surface area contributed by atoms with Crippen molar-refractivity contribution in [2.24, 2.45) is 0 Å². The van der Waals surface area contributed by atoms with Crippen LogP contribution in [0.2, 0.25) is 0 Å². The predicted molar refractivity (Wildman–Crippen MR) is 114 cm³/mol. The minimum absolute atomic E-state index is 0.124. The normalized spacial score (nSPS) is 16.9. The van der Waals surface area contributed by atoms with E-state index in [9.17, 15) is 14.7 Å². The minimum Gasteiger partial charge on any atom is -0.465 e. The van der Waals surface area contributed by atoms with Crippen LogP contribution in [-0.2, 0) is 11.3 Å². The predicted octanol–water partition coefficient (Wildman–Crippen LogP) is 4.29. The standard InChI is InChI=1S/C23H24N4O5/c28-22(31-15-16-9-3-1-4-10-16)24-19(17-11-5-2-6-12-17)21-25-20(26-32-21)18-13-7-8-14-27(18)23(29)30/h1-6,9-12,18-19H,7-8,13-15H2,(H,24,28)(H,29,30)/t18-,19+/m0/s1. The Kier molecular flexibility index (Phi) is 6.64. The van der Waals surface area contributed by atoms with Gasteiger partial charge in [-0.05, 0) is 30.4 Å². The monoisotopic (exact) mass is 436 g/mol. The van der Waals surface area contributed by atoms with Gasteiger partial charge in [-0.15, -0.1) is 0 Å². The van der Waals surface area contributed by atoms with Gasteiger partial charge in [-0.3, -0.25) is 4.90 Å². The molecule has 1 saturated heterocycles. The van der Waals surface area contributed by atoms with Gasteiger partial charge in [0.05, 0.1) is 6.04 Å². The maximum absolute atomic E-state index is 12.5. The number of carbonyl (C=O) groups excluding carboxylic acids is 1. The molecule has 9 nitrogen and oxygen atoms in total. The molecule has 2 N–H and O–H groups in total. The first kappa shape index (κ1) is 21.4. The lowest BCUT2D eigenvalue weighted by Crippen LogP contribution is -2.38. The number of nitrogens with zero attached hydrogens (tertiary/aromatic N) is 3. The molecule has 1 aliphatic heterocycles. The summed E-state index contributed by atoms with van der Waals surface area (Å²) in [6.45, 7) is 0.551. The molecule has 0 radical (unpaired) electrons. The first-order chi connectivity index (χ1) is 15.6. The molecule has 2 atom stereocenters. The molecule has 2 aromatic carbocycles. The summed E-state index contributed by atoms with van der Waals surface area (Å²) in [5, 5.41) is 16.3. The van der Waals surface area contributed by atoms with E-state index in [1.165, 1.54) is 4.90 Å². The SMILES string of the molecule is O=C(N[C@H](c1ccccc1)c1nc([C@@H]2CCCCN2C(=O)O)no1)OCc1ccccc1. The van der Waals surface area contributed by atoms with Gasteiger partial charge in [-0.25, -0.2) is 9.59 Å². The lowest BCUT2D eigenvalue weighted by Gasteiger charge is -2.31. The van der Waals surface area contributed by atoms with Crippen LogP contribution in [-0.4, -0.2) is 38.9 Å². The first-order valence-electron chi connectivity index (χ1n) is 10.5. The first-order valence-corrected chi connectivity index (χ1v) is 10.5. The highest BCUT2D eigenvalue weighted by Crippen LogP contribution is 2.30. The molecule has 2 amide bonds. The van der Waals surface area contributed by atoms with Crippen LogP contribution < -0.4 is 5.32 Å². The highest BCUT2D eigenvalue weighted by atomic mass is 16.5. The van der Waals surface area contributed by atoms with Crippen molar-refractivity contribution >= 4 is 12.2 Å². The third-order valence-electron chi connectivity index (χ3n) is 5.36. The number of benzene rings is 2. The summed E-state index contributed by atoms with van der Waals surface area (Å²) in [6, 6.07) is 17.3. The Morgan fingerprint density at radius 3 is 2.56 bits per heavy atom. The van der Waals surface area contributed by atoms with Gasteiger partial charge in [0, 0.05) is 6.54 Å². The molecule has 2 heterocycles. The molecule has 0 aliphatic carbocycles.